The molecule has 1 saturated carbocycles. The predicted molar refractivity (Wildman–Crippen MR) is 91.6 cm³/mol. The Morgan fingerprint density at radius 3 is 2.50 bits per heavy atom. The molecule has 2 fully saturated rings. The van der Waals surface area contributed by atoms with Gasteiger partial charge < -0.3 is 14.6 Å². The largest absolute Gasteiger partial charge is 0.481 e. The molecule has 1 heterocycles. The van der Waals surface area contributed by atoms with Crippen LogP contribution in [0.4, 0.5) is 0 Å². The second kappa shape index (κ2) is 6.85. The third kappa shape index (κ3) is 3.65. The van der Waals surface area contributed by atoms with Crippen molar-refractivity contribution in [2.75, 3.05) is 0 Å². The first-order valence-corrected chi connectivity index (χ1v) is 9.06. The van der Waals surface area contributed by atoms with Gasteiger partial charge in [0.2, 0.25) is 0 Å². The van der Waals surface area contributed by atoms with Gasteiger partial charge in [-0.05, 0) is 51.5 Å². The monoisotopic (exact) mass is 332 g/mol. The van der Waals surface area contributed by atoms with Crippen molar-refractivity contribution in [2.45, 2.75) is 76.8 Å². The summed E-state index contributed by atoms with van der Waals surface area (Å²) < 4.78 is 12.8. The molecule has 2 aliphatic rings. The Kier molecular flexibility index (Phi) is 4.97. The number of aliphatic carboxylic acids is 1. The lowest BCUT2D eigenvalue weighted by Gasteiger charge is -2.22. The SMILES string of the molecule is CC(C)(CCC[C@@H]1OC2(CCCC2)O[C@H]1c1ccccc1)C(=O)O. The van der Waals surface area contributed by atoms with Crippen LogP contribution in [0.15, 0.2) is 30.3 Å². The van der Waals surface area contributed by atoms with Crippen molar-refractivity contribution < 1.29 is 19.4 Å². The van der Waals surface area contributed by atoms with Crippen molar-refractivity contribution >= 4 is 5.97 Å². The molecule has 1 aromatic carbocycles. The molecule has 1 spiro atoms. The Morgan fingerprint density at radius 2 is 1.88 bits per heavy atom. The van der Waals surface area contributed by atoms with Gasteiger partial charge in [0.15, 0.2) is 5.79 Å². The Labute approximate surface area is 144 Å². The summed E-state index contributed by atoms with van der Waals surface area (Å²) in [5, 5.41) is 9.27. The zero-order valence-electron chi connectivity index (χ0n) is 14.7. The summed E-state index contributed by atoms with van der Waals surface area (Å²) in [5.74, 6) is -1.15. The Bertz CT molecular complexity index is 560. The number of benzene rings is 1. The maximum Gasteiger partial charge on any atom is 0.309 e. The summed E-state index contributed by atoms with van der Waals surface area (Å²) in [7, 11) is 0. The lowest BCUT2D eigenvalue weighted by Crippen LogP contribution is -2.27. The van der Waals surface area contributed by atoms with E-state index in [1.165, 1.54) is 0 Å². The van der Waals surface area contributed by atoms with E-state index in [2.05, 4.69) is 12.1 Å². The molecule has 132 valence electrons. The highest BCUT2D eigenvalue weighted by Gasteiger charge is 2.49. The fourth-order valence-electron chi connectivity index (χ4n) is 3.81. The molecule has 0 unspecified atom stereocenters. The highest BCUT2D eigenvalue weighted by Crippen LogP contribution is 2.48. The van der Waals surface area contributed by atoms with Gasteiger partial charge in [-0.3, -0.25) is 4.79 Å². The molecule has 4 heteroatoms. The van der Waals surface area contributed by atoms with Crippen molar-refractivity contribution in [1.82, 2.24) is 0 Å². The van der Waals surface area contributed by atoms with Gasteiger partial charge in [0.25, 0.3) is 0 Å². The van der Waals surface area contributed by atoms with E-state index in [9.17, 15) is 9.90 Å². The van der Waals surface area contributed by atoms with E-state index in [4.69, 9.17) is 9.47 Å². The van der Waals surface area contributed by atoms with Crippen LogP contribution >= 0.6 is 0 Å². The highest BCUT2D eigenvalue weighted by molar-refractivity contribution is 5.73. The summed E-state index contributed by atoms with van der Waals surface area (Å²) in [6.45, 7) is 3.57. The summed E-state index contributed by atoms with van der Waals surface area (Å²) >= 11 is 0. The average molecular weight is 332 g/mol. The maximum absolute atomic E-state index is 11.3. The van der Waals surface area contributed by atoms with Gasteiger partial charge in [-0.25, -0.2) is 0 Å². The summed E-state index contributed by atoms with van der Waals surface area (Å²) in [6.07, 6.45) is 6.51. The average Bonchev–Trinajstić information content (AvgIpc) is 3.15. The van der Waals surface area contributed by atoms with Crippen LogP contribution in [0, 0.1) is 5.41 Å². The molecule has 4 nitrogen and oxygen atoms in total. The predicted octanol–water partition coefficient (Wildman–Crippen LogP) is 4.69. The van der Waals surface area contributed by atoms with Crippen LogP contribution in [0.1, 0.15) is 70.5 Å². The Balaban J connectivity index is 1.68. The molecule has 0 amide bonds. The summed E-state index contributed by atoms with van der Waals surface area (Å²) in [4.78, 5) is 11.3. The molecular weight excluding hydrogens is 304 g/mol. The van der Waals surface area contributed by atoms with Crippen LogP contribution in [0.2, 0.25) is 0 Å². The first-order chi connectivity index (χ1) is 11.4. The first kappa shape index (κ1) is 17.4. The summed E-state index contributed by atoms with van der Waals surface area (Å²) in [5.41, 5.74) is 0.469. The van der Waals surface area contributed by atoms with Gasteiger partial charge in [0, 0.05) is 12.8 Å². The van der Waals surface area contributed by atoms with Crippen LogP contribution in [0.25, 0.3) is 0 Å². The van der Waals surface area contributed by atoms with Gasteiger partial charge >= 0.3 is 5.97 Å². The first-order valence-electron chi connectivity index (χ1n) is 9.06. The van der Waals surface area contributed by atoms with Crippen LogP contribution in [-0.4, -0.2) is 23.0 Å². The fourth-order valence-corrected chi connectivity index (χ4v) is 3.81. The third-order valence-electron chi connectivity index (χ3n) is 5.41. The van der Waals surface area contributed by atoms with E-state index < -0.39 is 17.2 Å². The van der Waals surface area contributed by atoms with E-state index in [0.29, 0.717) is 6.42 Å². The number of hydrogen-bond donors (Lipinski definition) is 1. The van der Waals surface area contributed by atoms with Crippen LogP contribution < -0.4 is 0 Å². The highest BCUT2D eigenvalue weighted by atomic mass is 16.8. The van der Waals surface area contributed by atoms with Crippen molar-refractivity contribution in [2.24, 2.45) is 5.41 Å². The van der Waals surface area contributed by atoms with Gasteiger partial charge in [0.1, 0.15) is 6.10 Å². The van der Waals surface area contributed by atoms with Crippen LogP contribution in [0.3, 0.4) is 0 Å². The van der Waals surface area contributed by atoms with Crippen LogP contribution in [0.5, 0.6) is 0 Å². The number of rotatable bonds is 6. The summed E-state index contributed by atoms with van der Waals surface area (Å²) in [6, 6.07) is 10.3. The second-order valence-electron chi connectivity index (χ2n) is 7.80. The minimum absolute atomic E-state index is 0.00935. The number of carboxylic acid groups (broad SMARTS) is 1. The van der Waals surface area contributed by atoms with Crippen LogP contribution in [-0.2, 0) is 14.3 Å². The fraction of sp³-hybridized carbons (Fsp3) is 0.650. The molecule has 1 aliphatic heterocycles. The molecule has 2 atom stereocenters. The Morgan fingerprint density at radius 1 is 1.21 bits per heavy atom. The normalized spacial score (nSPS) is 26.1. The third-order valence-corrected chi connectivity index (χ3v) is 5.41. The number of carbonyl (C=O) groups is 1. The lowest BCUT2D eigenvalue weighted by molar-refractivity contribution is -0.170. The zero-order chi connectivity index (χ0) is 17.2. The molecule has 24 heavy (non-hydrogen) atoms. The molecule has 1 N–H and O–H groups in total. The van der Waals surface area contributed by atoms with Gasteiger partial charge in [-0.2, -0.15) is 0 Å². The van der Waals surface area contributed by atoms with Crippen molar-refractivity contribution in [3.8, 4) is 0 Å². The molecule has 0 bridgehead atoms. The smallest absolute Gasteiger partial charge is 0.309 e. The van der Waals surface area contributed by atoms with E-state index in [-0.39, 0.29) is 12.2 Å². The maximum atomic E-state index is 11.3. The zero-order valence-corrected chi connectivity index (χ0v) is 14.7. The second-order valence-corrected chi connectivity index (χ2v) is 7.80. The van der Waals surface area contributed by atoms with E-state index >= 15 is 0 Å². The minimum atomic E-state index is -0.738. The molecule has 1 aromatic rings. The van der Waals surface area contributed by atoms with Gasteiger partial charge in [-0.1, -0.05) is 30.3 Å². The number of hydrogen-bond acceptors (Lipinski definition) is 3. The standard InChI is InChI=1S/C20H28O4/c1-19(2,18(21)22)12-8-11-16-17(15-9-4-3-5-10-15)24-20(23-16)13-6-7-14-20/h3-5,9-10,16-17H,6-8,11-14H2,1-2H3,(H,21,22)/t16-,17-/m0/s1. The van der Waals surface area contributed by atoms with Gasteiger partial charge in [-0.15, -0.1) is 0 Å². The van der Waals surface area contributed by atoms with Crippen molar-refractivity contribution in [3.63, 3.8) is 0 Å². The van der Waals surface area contributed by atoms with Gasteiger partial charge in [0.05, 0.1) is 11.5 Å². The van der Waals surface area contributed by atoms with E-state index in [1.54, 1.807) is 13.8 Å². The molecule has 0 aromatic heterocycles. The number of carboxylic acids is 1. The molecule has 1 saturated heterocycles. The quantitative estimate of drug-likeness (QED) is 0.821. The topological polar surface area (TPSA) is 55.8 Å². The van der Waals surface area contributed by atoms with Crippen molar-refractivity contribution in [3.05, 3.63) is 35.9 Å². The molecule has 3 rings (SSSR count). The molecule has 1 aliphatic carbocycles. The minimum Gasteiger partial charge on any atom is -0.481 e. The lowest BCUT2D eigenvalue weighted by atomic mass is 9.86. The molecule has 0 radical (unpaired) electrons. The Hall–Kier alpha value is -1.39. The van der Waals surface area contributed by atoms with Crippen molar-refractivity contribution in [1.29, 1.82) is 0 Å². The van der Waals surface area contributed by atoms with E-state index in [0.717, 1.165) is 44.1 Å². The molecular formula is C20H28O4. The van der Waals surface area contributed by atoms with E-state index in [1.807, 2.05) is 18.2 Å². The number of ether oxygens (including phenoxy) is 2.